The molecule has 0 unspecified atom stereocenters. The summed E-state index contributed by atoms with van der Waals surface area (Å²) in [5.41, 5.74) is 8.21. The van der Waals surface area contributed by atoms with E-state index in [1.807, 2.05) is 32.0 Å². The SMILES string of the molecule is Cc1cccc(NC(=O)COc2ccc(Cl)cc2C(N)=O)c1C. The molecule has 0 spiro atoms. The van der Waals surface area contributed by atoms with Crippen LogP contribution in [0.4, 0.5) is 5.69 Å². The number of aryl methyl sites for hydroxylation is 1. The van der Waals surface area contributed by atoms with Gasteiger partial charge in [0.1, 0.15) is 5.75 Å². The number of halogens is 1. The summed E-state index contributed by atoms with van der Waals surface area (Å²) in [5, 5.41) is 3.14. The van der Waals surface area contributed by atoms with E-state index in [1.165, 1.54) is 12.1 Å². The van der Waals surface area contributed by atoms with Crippen LogP contribution in [0.5, 0.6) is 5.75 Å². The first kappa shape index (κ1) is 16.8. The number of hydrogen-bond donors (Lipinski definition) is 2. The molecule has 2 amide bonds. The van der Waals surface area contributed by atoms with Crippen LogP contribution in [0.2, 0.25) is 5.02 Å². The second-order valence-corrected chi connectivity index (χ2v) is 5.53. The van der Waals surface area contributed by atoms with Crippen LogP contribution in [-0.2, 0) is 4.79 Å². The maximum absolute atomic E-state index is 12.0. The number of carbonyl (C=O) groups is 2. The van der Waals surface area contributed by atoms with Crippen LogP contribution in [0.15, 0.2) is 36.4 Å². The Morgan fingerprint density at radius 1 is 1.22 bits per heavy atom. The third kappa shape index (κ3) is 4.23. The highest BCUT2D eigenvalue weighted by molar-refractivity contribution is 6.31. The van der Waals surface area contributed by atoms with Gasteiger partial charge in [-0.15, -0.1) is 0 Å². The molecule has 0 saturated heterocycles. The van der Waals surface area contributed by atoms with Gasteiger partial charge in [0, 0.05) is 10.7 Å². The standard InChI is InChI=1S/C17H17ClN2O3/c1-10-4-3-5-14(11(10)2)20-16(21)9-23-15-7-6-12(18)8-13(15)17(19)22/h3-8H,9H2,1-2H3,(H2,19,22)(H,20,21). The zero-order valence-corrected chi connectivity index (χ0v) is 13.6. The van der Waals surface area contributed by atoms with Gasteiger partial charge in [0.25, 0.3) is 11.8 Å². The van der Waals surface area contributed by atoms with Crippen molar-refractivity contribution in [1.82, 2.24) is 0 Å². The Kier molecular flexibility index (Phi) is 5.24. The molecule has 2 rings (SSSR count). The summed E-state index contributed by atoms with van der Waals surface area (Å²) in [7, 11) is 0. The highest BCUT2D eigenvalue weighted by Gasteiger charge is 2.12. The summed E-state index contributed by atoms with van der Waals surface area (Å²) in [6, 6.07) is 10.1. The number of primary amides is 1. The van der Waals surface area contributed by atoms with E-state index in [2.05, 4.69) is 5.32 Å². The smallest absolute Gasteiger partial charge is 0.262 e. The Bertz CT molecular complexity index is 759. The van der Waals surface area contributed by atoms with Crippen molar-refractivity contribution in [3.8, 4) is 5.75 Å². The van der Waals surface area contributed by atoms with E-state index in [1.54, 1.807) is 6.07 Å². The van der Waals surface area contributed by atoms with Gasteiger partial charge in [-0.05, 0) is 49.2 Å². The molecule has 0 radical (unpaired) electrons. The Labute approximate surface area is 139 Å². The minimum absolute atomic E-state index is 0.136. The number of amides is 2. The van der Waals surface area contributed by atoms with Crippen molar-refractivity contribution in [1.29, 1.82) is 0 Å². The highest BCUT2D eigenvalue weighted by atomic mass is 35.5. The maximum atomic E-state index is 12.0. The molecule has 0 bridgehead atoms. The van der Waals surface area contributed by atoms with E-state index in [0.29, 0.717) is 5.02 Å². The molecule has 3 N–H and O–H groups in total. The molecule has 2 aromatic carbocycles. The summed E-state index contributed by atoms with van der Waals surface area (Å²) >= 11 is 5.82. The number of ether oxygens (including phenoxy) is 1. The fourth-order valence-corrected chi connectivity index (χ4v) is 2.21. The second kappa shape index (κ2) is 7.15. The minimum atomic E-state index is -0.669. The highest BCUT2D eigenvalue weighted by Crippen LogP contribution is 2.23. The Balaban J connectivity index is 2.05. The first-order chi connectivity index (χ1) is 10.9. The molecule has 0 atom stereocenters. The van der Waals surface area contributed by atoms with Crippen LogP contribution >= 0.6 is 11.6 Å². The van der Waals surface area contributed by atoms with E-state index >= 15 is 0 Å². The van der Waals surface area contributed by atoms with E-state index in [4.69, 9.17) is 22.1 Å². The number of nitrogens with one attached hydrogen (secondary N) is 1. The quantitative estimate of drug-likeness (QED) is 0.882. The lowest BCUT2D eigenvalue weighted by molar-refractivity contribution is -0.118. The van der Waals surface area contributed by atoms with Crippen molar-refractivity contribution < 1.29 is 14.3 Å². The Hall–Kier alpha value is -2.53. The molecule has 0 aromatic heterocycles. The zero-order chi connectivity index (χ0) is 17.0. The van der Waals surface area contributed by atoms with Gasteiger partial charge in [-0.2, -0.15) is 0 Å². The normalized spacial score (nSPS) is 10.2. The predicted molar refractivity (Wildman–Crippen MR) is 90.0 cm³/mol. The molecule has 0 saturated carbocycles. The molecule has 0 aliphatic rings. The number of carbonyl (C=O) groups excluding carboxylic acids is 2. The van der Waals surface area contributed by atoms with Crippen LogP contribution in [0.1, 0.15) is 21.5 Å². The lowest BCUT2D eigenvalue weighted by Gasteiger charge is -2.12. The molecule has 5 nitrogen and oxygen atoms in total. The molecule has 23 heavy (non-hydrogen) atoms. The van der Waals surface area contributed by atoms with E-state index in [9.17, 15) is 9.59 Å². The van der Waals surface area contributed by atoms with Crippen LogP contribution in [0, 0.1) is 13.8 Å². The van der Waals surface area contributed by atoms with Crippen molar-refractivity contribution in [2.45, 2.75) is 13.8 Å². The number of anilines is 1. The summed E-state index contributed by atoms with van der Waals surface area (Å²) in [6.45, 7) is 3.65. The molecular weight excluding hydrogens is 316 g/mol. The van der Waals surface area contributed by atoms with Gasteiger partial charge in [-0.25, -0.2) is 0 Å². The largest absolute Gasteiger partial charge is 0.483 e. The van der Waals surface area contributed by atoms with Crippen molar-refractivity contribution in [2.75, 3.05) is 11.9 Å². The van der Waals surface area contributed by atoms with Crippen LogP contribution in [0.3, 0.4) is 0 Å². The van der Waals surface area contributed by atoms with Gasteiger partial charge in [-0.1, -0.05) is 23.7 Å². The van der Waals surface area contributed by atoms with E-state index in [-0.39, 0.29) is 23.8 Å². The lowest BCUT2D eigenvalue weighted by Crippen LogP contribution is -2.22. The van der Waals surface area contributed by atoms with Gasteiger partial charge in [0.15, 0.2) is 6.61 Å². The van der Waals surface area contributed by atoms with Crippen molar-refractivity contribution in [2.24, 2.45) is 5.73 Å². The van der Waals surface area contributed by atoms with Gasteiger partial charge in [0.2, 0.25) is 0 Å². The van der Waals surface area contributed by atoms with E-state index in [0.717, 1.165) is 16.8 Å². The fraction of sp³-hybridized carbons (Fsp3) is 0.176. The second-order valence-electron chi connectivity index (χ2n) is 5.09. The molecule has 120 valence electrons. The number of benzene rings is 2. The zero-order valence-electron chi connectivity index (χ0n) is 12.9. The van der Waals surface area contributed by atoms with Crippen LogP contribution < -0.4 is 15.8 Å². The fourth-order valence-electron chi connectivity index (χ4n) is 2.04. The molecule has 0 aliphatic heterocycles. The molecule has 0 heterocycles. The third-order valence-corrected chi connectivity index (χ3v) is 3.68. The Morgan fingerprint density at radius 3 is 2.65 bits per heavy atom. The van der Waals surface area contributed by atoms with Gasteiger partial charge in [-0.3, -0.25) is 9.59 Å². The number of hydrogen-bond acceptors (Lipinski definition) is 3. The number of nitrogens with two attached hydrogens (primary N) is 1. The first-order valence-electron chi connectivity index (χ1n) is 6.96. The molecule has 2 aromatic rings. The summed E-state index contributed by atoms with van der Waals surface area (Å²) in [6.07, 6.45) is 0. The molecular formula is C17H17ClN2O3. The van der Waals surface area contributed by atoms with Crippen molar-refractivity contribution >= 4 is 29.1 Å². The first-order valence-corrected chi connectivity index (χ1v) is 7.34. The van der Waals surface area contributed by atoms with Crippen LogP contribution in [0.25, 0.3) is 0 Å². The number of rotatable bonds is 5. The molecule has 6 heteroatoms. The summed E-state index contributed by atoms with van der Waals surface area (Å²) < 4.78 is 5.39. The topological polar surface area (TPSA) is 81.4 Å². The van der Waals surface area contributed by atoms with Gasteiger partial charge in [0.05, 0.1) is 5.56 Å². The van der Waals surface area contributed by atoms with Gasteiger partial charge < -0.3 is 15.8 Å². The van der Waals surface area contributed by atoms with Crippen LogP contribution in [-0.4, -0.2) is 18.4 Å². The van der Waals surface area contributed by atoms with Crippen molar-refractivity contribution in [3.63, 3.8) is 0 Å². The monoisotopic (exact) mass is 332 g/mol. The summed E-state index contributed by atoms with van der Waals surface area (Å²) in [5.74, 6) is -0.778. The van der Waals surface area contributed by atoms with E-state index < -0.39 is 5.91 Å². The molecule has 0 fully saturated rings. The Morgan fingerprint density at radius 2 is 1.96 bits per heavy atom. The third-order valence-electron chi connectivity index (χ3n) is 3.44. The van der Waals surface area contributed by atoms with Gasteiger partial charge >= 0.3 is 0 Å². The average molecular weight is 333 g/mol. The predicted octanol–water partition coefficient (Wildman–Crippen LogP) is 3.07. The summed E-state index contributed by atoms with van der Waals surface area (Å²) in [4.78, 5) is 23.4. The molecule has 0 aliphatic carbocycles. The average Bonchev–Trinajstić information content (AvgIpc) is 2.50. The lowest BCUT2D eigenvalue weighted by atomic mass is 10.1. The minimum Gasteiger partial charge on any atom is -0.483 e. The maximum Gasteiger partial charge on any atom is 0.262 e. The van der Waals surface area contributed by atoms with Crippen molar-refractivity contribution in [3.05, 3.63) is 58.1 Å².